The van der Waals surface area contributed by atoms with E-state index < -0.39 is 5.97 Å². The summed E-state index contributed by atoms with van der Waals surface area (Å²) < 4.78 is 16.3. The number of aromatic nitrogens is 3. The van der Waals surface area contributed by atoms with E-state index in [1.54, 1.807) is 6.07 Å². The Morgan fingerprint density at radius 3 is 2.12 bits per heavy atom. The maximum Gasteiger partial charge on any atom is 0.308 e. The second-order valence-corrected chi connectivity index (χ2v) is 12.3. The van der Waals surface area contributed by atoms with Gasteiger partial charge in [-0.2, -0.15) is 0 Å². The van der Waals surface area contributed by atoms with Crippen molar-refractivity contribution in [2.75, 3.05) is 18.0 Å². The highest BCUT2D eigenvalue weighted by Crippen LogP contribution is 2.42. The van der Waals surface area contributed by atoms with Crippen molar-refractivity contribution < 1.29 is 14.3 Å². The number of nitrogens with zero attached hydrogens (tertiary/aromatic N) is 4. The van der Waals surface area contributed by atoms with Crippen LogP contribution >= 0.6 is 35.0 Å². The normalized spacial score (nSPS) is 15.2. The second-order valence-electron chi connectivity index (χ2n) is 10.4. The van der Waals surface area contributed by atoms with Crippen molar-refractivity contribution >= 4 is 46.6 Å². The van der Waals surface area contributed by atoms with Crippen molar-refractivity contribution in [1.29, 1.82) is 0 Å². The number of carboxylic acid groups (broad SMARTS) is 1. The lowest BCUT2D eigenvalue weighted by molar-refractivity contribution is -0.141. The Morgan fingerprint density at radius 2 is 1.51 bits per heavy atom. The number of thioether (sulfide) groups is 1. The zero-order valence-corrected chi connectivity index (χ0v) is 25.2. The standard InChI is InChI=1S/C33H27Cl2FN4O2S/c34-25-10-6-21(7-11-25)30(22-8-12-26(35)13-9-22)43-33-38-37-31(23-3-1-5-27(36)19-23)40(33)29-16-14-28(15-17-29)39-18-2-4-24(20-39)32(41)42/h1,3,5-17,19,24,30H,2,4,18,20H2,(H,41,42). The summed E-state index contributed by atoms with van der Waals surface area (Å²) in [5.41, 5.74) is 4.38. The van der Waals surface area contributed by atoms with Crippen LogP contribution in [0.4, 0.5) is 10.1 Å². The maximum atomic E-state index is 14.3. The Balaban J connectivity index is 1.41. The first-order valence-electron chi connectivity index (χ1n) is 13.8. The molecule has 5 aromatic rings. The molecule has 1 saturated heterocycles. The van der Waals surface area contributed by atoms with E-state index in [4.69, 9.17) is 23.2 Å². The van der Waals surface area contributed by atoms with Gasteiger partial charge >= 0.3 is 5.97 Å². The largest absolute Gasteiger partial charge is 0.481 e. The molecule has 6 rings (SSSR count). The lowest BCUT2D eigenvalue weighted by Gasteiger charge is -2.32. The van der Waals surface area contributed by atoms with Gasteiger partial charge in [-0.25, -0.2) is 4.39 Å². The van der Waals surface area contributed by atoms with Crippen LogP contribution in [-0.4, -0.2) is 38.9 Å². The first-order valence-corrected chi connectivity index (χ1v) is 15.5. The Labute approximate surface area is 263 Å². The number of halogens is 3. The minimum atomic E-state index is -0.761. The molecule has 0 radical (unpaired) electrons. The van der Waals surface area contributed by atoms with E-state index in [-0.39, 0.29) is 17.0 Å². The predicted octanol–water partition coefficient (Wildman–Crippen LogP) is 8.56. The van der Waals surface area contributed by atoms with Crippen molar-refractivity contribution in [2.45, 2.75) is 23.2 Å². The predicted molar refractivity (Wildman–Crippen MR) is 170 cm³/mol. The van der Waals surface area contributed by atoms with Crippen LogP contribution in [0.2, 0.25) is 10.0 Å². The van der Waals surface area contributed by atoms with E-state index in [1.165, 1.54) is 23.9 Å². The average Bonchev–Trinajstić information content (AvgIpc) is 3.45. The summed E-state index contributed by atoms with van der Waals surface area (Å²) in [5, 5.41) is 20.4. The zero-order valence-electron chi connectivity index (χ0n) is 22.9. The molecule has 1 atom stereocenters. The van der Waals surface area contributed by atoms with Crippen LogP contribution in [0.25, 0.3) is 17.1 Å². The minimum absolute atomic E-state index is 0.168. The number of hydrogen-bond acceptors (Lipinski definition) is 5. The van der Waals surface area contributed by atoms with Crippen molar-refractivity contribution in [1.82, 2.24) is 14.8 Å². The minimum Gasteiger partial charge on any atom is -0.481 e. The highest BCUT2D eigenvalue weighted by atomic mass is 35.5. The highest BCUT2D eigenvalue weighted by molar-refractivity contribution is 7.99. The first-order chi connectivity index (χ1) is 20.9. The quantitative estimate of drug-likeness (QED) is 0.173. The highest BCUT2D eigenvalue weighted by Gasteiger charge is 2.26. The molecule has 10 heteroatoms. The van der Waals surface area contributed by atoms with Gasteiger partial charge in [0.1, 0.15) is 5.82 Å². The summed E-state index contributed by atoms with van der Waals surface area (Å²) >= 11 is 13.9. The van der Waals surface area contributed by atoms with E-state index in [0.29, 0.717) is 39.6 Å². The molecule has 43 heavy (non-hydrogen) atoms. The van der Waals surface area contributed by atoms with Crippen LogP contribution in [0.1, 0.15) is 29.2 Å². The second kappa shape index (κ2) is 12.8. The van der Waals surface area contributed by atoms with Crippen LogP contribution < -0.4 is 4.90 Å². The smallest absolute Gasteiger partial charge is 0.308 e. The Bertz CT molecular complexity index is 1680. The SMILES string of the molecule is O=C(O)C1CCCN(c2ccc(-n3c(SC(c4ccc(Cl)cc4)c4ccc(Cl)cc4)nnc3-c3cccc(F)c3)cc2)C1. The zero-order chi connectivity index (χ0) is 29.9. The summed E-state index contributed by atoms with van der Waals surface area (Å²) in [6.45, 7) is 1.27. The molecular formula is C33H27Cl2FN4O2S. The third kappa shape index (κ3) is 6.56. The summed E-state index contributed by atoms with van der Waals surface area (Å²) in [7, 11) is 0. The molecule has 1 unspecified atom stereocenters. The van der Waals surface area contributed by atoms with E-state index >= 15 is 0 Å². The van der Waals surface area contributed by atoms with E-state index in [1.807, 2.05) is 83.4 Å². The number of hydrogen-bond donors (Lipinski definition) is 1. The molecule has 0 saturated carbocycles. The number of rotatable bonds is 8. The van der Waals surface area contributed by atoms with E-state index in [0.717, 1.165) is 35.5 Å². The number of piperidine rings is 1. The molecule has 218 valence electrons. The summed E-state index contributed by atoms with van der Waals surface area (Å²) in [6, 6.07) is 29.6. The monoisotopic (exact) mass is 632 g/mol. The number of aliphatic carboxylic acids is 1. The molecule has 0 amide bonds. The van der Waals surface area contributed by atoms with Gasteiger partial charge in [-0.15, -0.1) is 10.2 Å². The Kier molecular flexibility index (Phi) is 8.70. The molecule has 2 heterocycles. The fraction of sp³-hybridized carbons (Fsp3) is 0.182. The van der Waals surface area contributed by atoms with Crippen molar-refractivity contribution in [3.8, 4) is 17.1 Å². The van der Waals surface area contributed by atoms with Gasteiger partial charge in [-0.3, -0.25) is 9.36 Å². The van der Waals surface area contributed by atoms with Gasteiger partial charge in [0.05, 0.1) is 11.2 Å². The lowest BCUT2D eigenvalue weighted by Crippen LogP contribution is -2.38. The van der Waals surface area contributed by atoms with Gasteiger partial charge in [0.25, 0.3) is 0 Å². The molecule has 0 aliphatic carbocycles. The van der Waals surface area contributed by atoms with Crippen LogP contribution in [0, 0.1) is 11.7 Å². The Morgan fingerprint density at radius 1 is 0.884 bits per heavy atom. The average molecular weight is 634 g/mol. The molecular weight excluding hydrogens is 606 g/mol. The summed E-state index contributed by atoms with van der Waals surface area (Å²) in [5.74, 6) is -1.01. The summed E-state index contributed by atoms with van der Waals surface area (Å²) in [6.07, 6.45) is 1.51. The van der Waals surface area contributed by atoms with Crippen LogP contribution in [0.5, 0.6) is 0 Å². The molecule has 1 N–H and O–H groups in total. The molecule has 4 aromatic carbocycles. The van der Waals surface area contributed by atoms with E-state index in [2.05, 4.69) is 15.1 Å². The number of carboxylic acids is 1. The van der Waals surface area contributed by atoms with Crippen molar-refractivity contribution in [3.63, 3.8) is 0 Å². The molecule has 0 spiro atoms. The van der Waals surface area contributed by atoms with Gasteiger partial charge in [-0.1, -0.05) is 71.4 Å². The van der Waals surface area contributed by atoms with Crippen molar-refractivity contribution in [3.05, 3.63) is 124 Å². The van der Waals surface area contributed by atoms with Gasteiger partial charge in [0.2, 0.25) is 0 Å². The fourth-order valence-electron chi connectivity index (χ4n) is 5.33. The van der Waals surface area contributed by atoms with E-state index in [9.17, 15) is 14.3 Å². The van der Waals surface area contributed by atoms with Crippen LogP contribution in [-0.2, 0) is 4.79 Å². The molecule has 1 aliphatic heterocycles. The molecule has 1 aliphatic rings. The molecule has 6 nitrogen and oxygen atoms in total. The number of anilines is 1. The third-order valence-corrected chi connectivity index (χ3v) is 9.29. The third-order valence-electron chi connectivity index (χ3n) is 7.53. The van der Waals surface area contributed by atoms with Gasteiger partial charge in [0, 0.05) is 40.1 Å². The lowest BCUT2D eigenvalue weighted by atomic mass is 9.98. The molecule has 1 aromatic heterocycles. The molecule has 1 fully saturated rings. The fourth-order valence-corrected chi connectivity index (χ4v) is 6.76. The maximum absolute atomic E-state index is 14.3. The van der Waals surface area contributed by atoms with Gasteiger partial charge in [0.15, 0.2) is 11.0 Å². The van der Waals surface area contributed by atoms with Crippen LogP contribution in [0.3, 0.4) is 0 Å². The van der Waals surface area contributed by atoms with Gasteiger partial charge in [-0.05, 0) is 84.6 Å². The van der Waals surface area contributed by atoms with Crippen LogP contribution in [0.15, 0.2) is 102 Å². The van der Waals surface area contributed by atoms with Crippen molar-refractivity contribution in [2.24, 2.45) is 5.92 Å². The first kappa shape index (κ1) is 29.2. The number of carbonyl (C=O) groups is 1. The topological polar surface area (TPSA) is 71.2 Å². The Hall–Kier alpha value is -3.85. The number of benzene rings is 4. The van der Waals surface area contributed by atoms with Gasteiger partial charge < -0.3 is 10.0 Å². The summed E-state index contributed by atoms with van der Waals surface area (Å²) in [4.78, 5) is 13.7. The molecule has 0 bridgehead atoms.